The summed E-state index contributed by atoms with van der Waals surface area (Å²) in [7, 11) is 4.92. The van der Waals surface area contributed by atoms with Gasteiger partial charge in [-0.15, -0.1) is 0 Å². The van der Waals surface area contributed by atoms with Crippen LogP contribution >= 0.6 is 0 Å². The molecule has 1 saturated heterocycles. The lowest BCUT2D eigenvalue weighted by molar-refractivity contribution is -0.0928. The summed E-state index contributed by atoms with van der Waals surface area (Å²) in [5.41, 5.74) is 0.903. The number of amides is 2. The van der Waals surface area contributed by atoms with E-state index >= 15 is 0 Å². The lowest BCUT2D eigenvalue weighted by Gasteiger charge is -2.27. The fourth-order valence-electron chi connectivity index (χ4n) is 2.31. The maximum atomic E-state index is 12.2. The van der Waals surface area contributed by atoms with Gasteiger partial charge < -0.3 is 29.2 Å². The number of benzene rings is 1. The topological polar surface area (TPSA) is 69.3 Å². The van der Waals surface area contributed by atoms with Crippen molar-refractivity contribution in [2.45, 2.75) is 12.6 Å². The van der Waals surface area contributed by atoms with E-state index in [9.17, 15) is 4.79 Å². The Morgan fingerprint density at radius 1 is 1.26 bits per heavy atom. The minimum atomic E-state index is -0.166. The Morgan fingerprint density at radius 2 is 1.96 bits per heavy atom. The van der Waals surface area contributed by atoms with E-state index in [2.05, 4.69) is 5.32 Å². The monoisotopic (exact) mass is 324 g/mol. The maximum Gasteiger partial charge on any atom is 0.317 e. The highest BCUT2D eigenvalue weighted by Crippen LogP contribution is 2.22. The molecule has 7 heteroatoms. The van der Waals surface area contributed by atoms with Crippen molar-refractivity contribution in [1.29, 1.82) is 0 Å². The smallest absolute Gasteiger partial charge is 0.317 e. The van der Waals surface area contributed by atoms with Crippen LogP contribution in [0.5, 0.6) is 11.5 Å². The largest absolute Gasteiger partial charge is 0.497 e. The normalized spacial score (nSPS) is 17.4. The highest BCUT2D eigenvalue weighted by Gasteiger charge is 2.19. The molecule has 1 heterocycles. The molecule has 2 amide bonds. The van der Waals surface area contributed by atoms with Gasteiger partial charge in [0, 0.05) is 19.7 Å². The predicted octanol–water partition coefficient (Wildman–Crippen LogP) is 1.26. The minimum Gasteiger partial charge on any atom is -0.497 e. The first-order chi connectivity index (χ1) is 11.1. The average Bonchev–Trinajstić information content (AvgIpc) is 2.60. The maximum absolute atomic E-state index is 12.2. The van der Waals surface area contributed by atoms with Crippen LogP contribution in [0.25, 0.3) is 0 Å². The zero-order valence-electron chi connectivity index (χ0n) is 13.8. The molecule has 1 fully saturated rings. The SMILES string of the molecule is COc1cc(CNC(=O)N(C)CC2COCCO2)cc(OC)c1. The van der Waals surface area contributed by atoms with Crippen molar-refractivity contribution >= 4 is 6.03 Å². The number of methoxy groups -OCH3 is 2. The summed E-state index contributed by atoms with van der Waals surface area (Å²) in [6, 6.07) is 5.35. The second-order valence-corrected chi connectivity index (χ2v) is 5.33. The summed E-state index contributed by atoms with van der Waals surface area (Å²) in [5.74, 6) is 1.38. The minimum absolute atomic E-state index is 0.0728. The molecule has 0 aromatic heterocycles. The Kier molecular flexibility index (Phi) is 6.49. The molecule has 0 bridgehead atoms. The third kappa shape index (κ3) is 5.30. The van der Waals surface area contributed by atoms with Gasteiger partial charge in [-0.2, -0.15) is 0 Å². The molecule has 1 aliphatic rings. The summed E-state index contributed by atoms with van der Waals surface area (Å²) in [4.78, 5) is 13.7. The standard InChI is InChI=1S/C16H24N2O5/c1-18(10-15-11-22-4-5-23-15)16(19)17-9-12-6-13(20-2)8-14(7-12)21-3/h6-8,15H,4-5,9-11H2,1-3H3,(H,17,19). The van der Waals surface area contributed by atoms with Crippen molar-refractivity contribution in [3.63, 3.8) is 0 Å². The second kappa shape index (κ2) is 8.59. The fourth-order valence-corrected chi connectivity index (χ4v) is 2.31. The molecule has 1 N–H and O–H groups in total. The lowest BCUT2D eigenvalue weighted by Crippen LogP contribution is -2.44. The number of hydrogen-bond acceptors (Lipinski definition) is 5. The highest BCUT2D eigenvalue weighted by molar-refractivity contribution is 5.73. The van der Waals surface area contributed by atoms with Gasteiger partial charge in [0.2, 0.25) is 0 Å². The number of ether oxygens (including phenoxy) is 4. The second-order valence-electron chi connectivity index (χ2n) is 5.33. The van der Waals surface area contributed by atoms with E-state index in [-0.39, 0.29) is 12.1 Å². The fraction of sp³-hybridized carbons (Fsp3) is 0.562. The van der Waals surface area contributed by atoms with Crippen LogP contribution < -0.4 is 14.8 Å². The third-order valence-corrected chi connectivity index (χ3v) is 3.56. The van der Waals surface area contributed by atoms with Crippen LogP contribution in [0.4, 0.5) is 4.79 Å². The van der Waals surface area contributed by atoms with E-state index in [4.69, 9.17) is 18.9 Å². The van der Waals surface area contributed by atoms with E-state index in [0.717, 1.165) is 5.56 Å². The Hall–Kier alpha value is -1.99. The van der Waals surface area contributed by atoms with Gasteiger partial charge in [0.05, 0.1) is 46.7 Å². The first-order valence-corrected chi connectivity index (χ1v) is 7.52. The van der Waals surface area contributed by atoms with Crippen molar-refractivity contribution in [1.82, 2.24) is 10.2 Å². The molecule has 2 rings (SSSR count). The van der Waals surface area contributed by atoms with E-state index in [0.29, 0.717) is 44.4 Å². The number of nitrogens with zero attached hydrogens (tertiary/aromatic N) is 1. The van der Waals surface area contributed by atoms with E-state index < -0.39 is 0 Å². The molecule has 1 aliphatic heterocycles. The van der Waals surface area contributed by atoms with Gasteiger partial charge in [0.15, 0.2) is 0 Å². The molecular formula is C16H24N2O5. The number of nitrogens with one attached hydrogen (secondary N) is 1. The molecule has 1 unspecified atom stereocenters. The zero-order chi connectivity index (χ0) is 16.7. The molecule has 1 aromatic carbocycles. The van der Waals surface area contributed by atoms with E-state index in [1.54, 1.807) is 32.2 Å². The van der Waals surface area contributed by atoms with E-state index in [1.807, 2.05) is 12.1 Å². The van der Waals surface area contributed by atoms with Crippen LogP contribution in [0.3, 0.4) is 0 Å². The molecular weight excluding hydrogens is 300 g/mol. The first kappa shape index (κ1) is 17.4. The van der Waals surface area contributed by atoms with Crippen LogP contribution in [0, 0.1) is 0 Å². The lowest BCUT2D eigenvalue weighted by atomic mass is 10.2. The van der Waals surface area contributed by atoms with Crippen LogP contribution in [0.2, 0.25) is 0 Å². The molecule has 7 nitrogen and oxygen atoms in total. The number of hydrogen-bond donors (Lipinski definition) is 1. The Bertz CT molecular complexity index is 495. The summed E-state index contributed by atoms with van der Waals surface area (Å²) in [6.07, 6.45) is -0.0728. The molecule has 0 radical (unpaired) electrons. The number of urea groups is 1. The highest BCUT2D eigenvalue weighted by atomic mass is 16.6. The number of carbonyl (C=O) groups is 1. The van der Waals surface area contributed by atoms with Crippen LogP contribution in [-0.4, -0.2) is 64.7 Å². The molecule has 0 saturated carbocycles. The Morgan fingerprint density at radius 3 is 2.52 bits per heavy atom. The van der Waals surface area contributed by atoms with Gasteiger partial charge in [-0.05, 0) is 17.7 Å². The van der Waals surface area contributed by atoms with Crippen LogP contribution in [0.15, 0.2) is 18.2 Å². The van der Waals surface area contributed by atoms with E-state index in [1.165, 1.54) is 0 Å². The quantitative estimate of drug-likeness (QED) is 0.853. The Balaban J connectivity index is 1.85. The molecule has 1 aromatic rings. The molecule has 23 heavy (non-hydrogen) atoms. The van der Waals surface area contributed by atoms with Gasteiger partial charge >= 0.3 is 6.03 Å². The van der Waals surface area contributed by atoms with Crippen LogP contribution in [-0.2, 0) is 16.0 Å². The van der Waals surface area contributed by atoms with Gasteiger partial charge in [-0.3, -0.25) is 0 Å². The van der Waals surface area contributed by atoms with Gasteiger partial charge in [-0.25, -0.2) is 4.79 Å². The molecule has 128 valence electrons. The third-order valence-electron chi connectivity index (χ3n) is 3.56. The average molecular weight is 324 g/mol. The van der Waals surface area contributed by atoms with Crippen molar-refractivity contribution in [2.75, 3.05) is 47.6 Å². The van der Waals surface area contributed by atoms with Crippen molar-refractivity contribution < 1.29 is 23.7 Å². The summed E-state index contributed by atoms with van der Waals surface area (Å²) < 4.78 is 21.3. The summed E-state index contributed by atoms with van der Waals surface area (Å²) in [6.45, 7) is 2.59. The summed E-state index contributed by atoms with van der Waals surface area (Å²) in [5, 5.41) is 2.87. The number of likely N-dealkylation sites (N-methyl/N-ethyl adjacent to an activating group) is 1. The van der Waals surface area contributed by atoms with Gasteiger partial charge in [0.25, 0.3) is 0 Å². The van der Waals surface area contributed by atoms with Crippen molar-refractivity contribution in [3.8, 4) is 11.5 Å². The number of carbonyl (C=O) groups excluding carboxylic acids is 1. The summed E-state index contributed by atoms with van der Waals surface area (Å²) >= 11 is 0. The van der Waals surface area contributed by atoms with Crippen molar-refractivity contribution in [2.24, 2.45) is 0 Å². The molecule has 1 atom stereocenters. The van der Waals surface area contributed by atoms with Gasteiger partial charge in [0.1, 0.15) is 11.5 Å². The molecule has 0 spiro atoms. The van der Waals surface area contributed by atoms with Crippen molar-refractivity contribution in [3.05, 3.63) is 23.8 Å². The predicted molar refractivity (Wildman–Crippen MR) is 85.0 cm³/mol. The first-order valence-electron chi connectivity index (χ1n) is 7.52. The number of rotatable bonds is 6. The van der Waals surface area contributed by atoms with Crippen LogP contribution in [0.1, 0.15) is 5.56 Å². The Labute approximate surface area is 136 Å². The van der Waals surface area contributed by atoms with Gasteiger partial charge in [-0.1, -0.05) is 0 Å². The molecule has 0 aliphatic carbocycles. The zero-order valence-corrected chi connectivity index (χ0v) is 13.8.